The molecule has 3 N–H and O–H groups in total. The Hall–Kier alpha value is -3.35. The number of nitrogens with one attached hydrogen (secondary N) is 3. The van der Waals surface area contributed by atoms with E-state index in [1.807, 2.05) is 18.7 Å². The van der Waals surface area contributed by atoms with Gasteiger partial charge in [-0.25, -0.2) is 0 Å². The molecule has 1 aliphatic rings. The highest BCUT2D eigenvalue weighted by Crippen LogP contribution is 2.17. The van der Waals surface area contributed by atoms with Gasteiger partial charge in [-0.15, -0.1) is 0 Å². The average Bonchev–Trinajstić information content (AvgIpc) is 3.27. The zero-order valence-electron chi connectivity index (χ0n) is 17.4. The van der Waals surface area contributed by atoms with E-state index in [0.717, 1.165) is 31.6 Å². The van der Waals surface area contributed by atoms with Gasteiger partial charge >= 0.3 is 0 Å². The second kappa shape index (κ2) is 9.91. The third kappa shape index (κ3) is 5.83. The lowest BCUT2D eigenvalue weighted by Crippen LogP contribution is -2.27. The third-order valence-corrected chi connectivity index (χ3v) is 4.92. The van der Waals surface area contributed by atoms with Gasteiger partial charge < -0.3 is 20.9 Å². The van der Waals surface area contributed by atoms with Gasteiger partial charge in [0, 0.05) is 41.6 Å². The lowest BCUT2D eigenvalue weighted by atomic mass is 10.1. The highest BCUT2D eigenvalue weighted by Gasteiger charge is 2.19. The summed E-state index contributed by atoms with van der Waals surface area (Å²) in [7, 11) is 0. The number of carbonyl (C=O) groups excluding carboxylic acids is 3. The molecule has 0 unspecified atom stereocenters. The van der Waals surface area contributed by atoms with E-state index in [9.17, 15) is 14.4 Å². The molecule has 3 amide bonds. The van der Waals surface area contributed by atoms with Gasteiger partial charge in [-0.05, 0) is 55.3 Å². The molecule has 7 nitrogen and oxygen atoms in total. The largest absolute Gasteiger partial charge is 0.376 e. The zero-order chi connectivity index (χ0) is 21.5. The quantitative estimate of drug-likeness (QED) is 0.653. The number of likely N-dealkylation sites (tertiary alicyclic amines) is 1. The summed E-state index contributed by atoms with van der Waals surface area (Å²) < 4.78 is 0. The number of hydrogen-bond acceptors (Lipinski definition) is 4. The summed E-state index contributed by atoms with van der Waals surface area (Å²) in [4.78, 5) is 38.4. The second-order valence-corrected chi connectivity index (χ2v) is 7.70. The molecule has 0 spiro atoms. The molecule has 7 heteroatoms. The number of rotatable bonds is 7. The Morgan fingerprint density at radius 3 is 2.23 bits per heavy atom. The van der Waals surface area contributed by atoms with Crippen molar-refractivity contribution in [1.29, 1.82) is 0 Å². The van der Waals surface area contributed by atoms with Gasteiger partial charge in [-0.3, -0.25) is 14.4 Å². The first-order chi connectivity index (χ1) is 14.4. The molecule has 2 aromatic rings. The molecular formula is C23H28N4O3. The van der Waals surface area contributed by atoms with Crippen molar-refractivity contribution in [2.45, 2.75) is 26.7 Å². The first-order valence-corrected chi connectivity index (χ1v) is 10.3. The van der Waals surface area contributed by atoms with Crippen molar-refractivity contribution in [1.82, 2.24) is 4.90 Å². The van der Waals surface area contributed by atoms with Crippen LogP contribution in [0.3, 0.4) is 0 Å². The van der Waals surface area contributed by atoms with Crippen LogP contribution in [-0.4, -0.2) is 42.3 Å². The molecule has 1 fully saturated rings. The second-order valence-electron chi connectivity index (χ2n) is 7.70. The monoisotopic (exact) mass is 408 g/mol. The molecule has 0 saturated carbocycles. The van der Waals surface area contributed by atoms with Crippen LogP contribution in [0.4, 0.5) is 17.1 Å². The summed E-state index contributed by atoms with van der Waals surface area (Å²) in [5.41, 5.74) is 2.66. The predicted molar refractivity (Wildman–Crippen MR) is 119 cm³/mol. The van der Waals surface area contributed by atoms with Gasteiger partial charge in [0.25, 0.3) is 5.91 Å². The lowest BCUT2D eigenvalue weighted by Gasteiger charge is -2.16. The fraction of sp³-hybridized carbons (Fsp3) is 0.348. The van der Waals surface area contributed by atoms with Crippen molar-refractivity contribution in [3.05, 3.63) is 54.1 Å². The van der Waals surface area contributed by atoms with Crippen LogP contribution in [0.25, 0.3) is 0 Å². The van der Waals surface area contributed by atoms with E-state index in [1.165, 1.54) is 0 Å². The Labute approximate surface area is 176 Å². The fourth-order valence-electron chi connectivity index (χ4n) is 3.18. The van der Waals surface area contributed by atoms with E-state index in [2.05, 4.69) is 16.0 Å². The van der Waals surface area contributed by atoms with E-state index in [1.54, 1.807) is 48.5 Å². The minimum atomic E-state index is -0.210. The molecule has 30 heavy (non-hydrogen) atoms. The molecule has 0 bridgehead atoms. The molecule has 0 atom stereocenters. The maximum Gasteiger partial charge on any atom is 0.253 e. The lowest BCUT2D eigenvalue weighted by molar-refractivity contribution is -0.119. The fourth-order valence-corrected chi connectivity index (χ4v) is 3.18. The Balaban J connectivity index is 1.50. The molecule has 2 aromatic carbocycles. The molecular weight excluding hydrogens is 380 g/mol. The van der Waals surface area contributed by atoms with Gasteiger partial charge in [0.15, 0.2) is 0 Å². The first kappa shape index (κ1) is 21.4. The van der Waals surface area contributed by atoms with Crippen LogP contribution in [0.1, 0.15) is 37.0 Å². The number of hydrogen-bond donors (Lipinski definition) is 3. The van der Waals surface area contributed by atoms with Crippen molar-refractivity contribution in [2.24, 2.45) is 5.92 Å². The number of carbonyl (C=O) groups is 3. The average molecular weight is 409 g/mol. The van der Waals surface area contributed by atoms with Crippen molar-refractivity contribution < 1.29 is 14.4 Å². The van der Waals surface area contributed by atoms with E-state index in [0.29, 0.717) is 16.9 Å². The van der Waals surface area contributed by atoms with Crippen molar-refractivity contribution in [2.75, 3.05) is 35.6 Å². The topological polar surface area (TPSA) is 90.5 Å². The van der Waals surface area contributed by atoms with Crippen molar-refractivity contribution >= 4 is 34.8 Å². The third-order valence-electron chi connectivity index (χ3n) is 4.92. The highest BCUT2D eigenvalue weighted by atomic mass is 16.2. The van der Waals surface area contributed by atoms with Crippen molar-refractivity contribution in [3.8, 4) is 0 Å². The van der Waals surface area contributed by atoms with Crippen LogP contribution >= 0.6 is 0 Å². The SMILES string of the molecule is CC(C)C(=O)Nc1ccc(NCC(=O)Nc2cccc(C(=O)N3CCCC3)c2)cc1. The molecule has 1 aliphatic heterocycles. The minimum absolute atomic E-state index is 0.00590. The van der Waals surface area contributed by atoms with Gasteiger partial charge in [-0.2, -0.15) is 0 Å². The summed E-state index contributed by atoms with van der Waals surface area (Å²) in [6.45, 7) is 5.34. The molecule has 0 aliphatic carbocycles. The van der Waals surface area contributed by atoms with Gasteiger partial charge in [-0.1, -0.05) is 19.9 Å². The van der Waals surface area contributed by atoms with Crippen LogP contribution in [-0.2, 0) is 9.59 Å². The van der Waals surface area contributed by atoms with E-state index in [-0.39, 0.29) is 30.2 Å². The Morgan fingerprint density at radius 1 is 0.900 bits per heavy atom. The van der Waals surface area contributed by atoms with Crippen LogP contribution < -0.4 is 16.0 Å². The standard InChI is InChI=1S/C23H28N4O3/c1-16(2)22(29)26-19-10-8-18(9-11-19)24-15-21(28)25-20-7-5-6-17(14-20)23(30)27-12-3-4-13-27/h5-11,14,16,24H,3-4,12-13,15H2,1-2H3,(H,25,28)(H,26,29). The molecule has 158 valence electrons. The van der Waals surface area contributed by atoms with Crippen LogP contribution in [0.5, 0.6) is 0 Å². The normalized spacial score (nSPS) is 13.2. The maximum absolute atomic E-state index is 12.5. The van der Waals surface area contributed by atoms with Crippen LogP contribution in [0.2, 0.25) is 0 Å². The van der Waals surface area contributed by atoms with Gasteiger partial charge in [0.1, 0.15) is 0 Å². The number of amides is 3. The molecule has 1 saturated heterocycles. The van der Waals surface area contributed by atoms with E-state index < -0.39 is 0 Å². The van der Waals surface area contributed by atoms with Gasteiger partial charge in [0.2, 0.25) is 11.8 Å². The summed E-state index contributed by atoms with van der Waals surface area (Å²) in [6, 6.07) is 14.2. The molecule has 0 aromatic heterocycles. The Morgan fingerprint density at radius 2 is 1.57 bits per heavy atom. The first-order valence-electron chi connectivity index (χ1n) is 10.3. The van der Waals surface area contributed by atoms with Crippen LogP contribution in [0, 0.1) is 5.92 Å². The number of benzene rings is 2. The number of nitrogens with zero attached hydrogens (tertiary/aromatic N) is 1. The molecule has 0 radical (unpaired) electrons. The Kier molecular flexibility index (Phi) is 7.06. The Bertz CT molecular complexity index is 903. The maximum atomic E-state index is 12.5. The highest BCUT2D eigenvalue weighted by molar-refractivity contribution is 5.98. The van der Waals surface area contributed by atoms with E-state index >= 15 is 0 Å². The summed E-state index contributed by atoms with van der Waals surface area (Å²) in [6.07, 6.45) is 2.08. The van der Waals surface area contributed by atoms with Crippen molar-refractivity contribution in [3.63, 3.8) is 0 Å². The number of anilines is 3. The summed E-state index contributed by atoms with van der Waals surface area (Å²) in [5.74, 6) is -0.333. The predicted octanol–water partition coefficient (Wildman–Crippen LogP) is 3.57. The van der Waals surface area contributed by atoms with Gasteiger partial charge in [0.05, 0.1) is 6.54 Å². The minimum Gasteiger partial charge on any atom is -0.376 e. The summed E-state index contributed by atoms with van der Waals surface area (Å²) in [5, 5.41) is 8.69. The summed E-state index contributed by atoms with van der Waals surface area (Å²) >= 11 is 0. The van der Waals surface area contributed by atoms with E-state index in [4.69, 9.17) is 0 Å². The molecule has 3 rings (SSSR count). The molecule has 1 heterocycles. The zero-order valence-corrected chi connectivity index (χ0v) is 17.4. The van der Waals surface area contributed by atoms with Crippen LogP contribution in [0.15, 0.2) is 48.5 Å². The smallest absolute Gasteiger partial charge is 0.253 e.